The molecule has 0 unspecified atom stereocenters. The molecule has 2 aromatic heterocycles. The molecule has 4 heteroatoms. The first-order valence-electron chi connectivity index (χ1n) is 19.9. The van der Waals surface area contributed by atoms with Gasteiger partial charge in [-0.05, 0) is 88.0 Å². The van der Waals surface area contributed by atoms with Crippen molar-refractivity contribution in [3.63, 3.8) is 0 Å². The molecule has 0 aliphatic heterocycles. The summed E-state index contributed by atoms with van der Waals surface area (Å²) in [6.07, 6.45) is 0. The van der Waals surface area contributed by atoms with Crippen molar-refractivity contribution < 1.29 is 8.83 Å². The molecule has 0 bridgehead atoms. The molecule has 0 aliphatic carbocycles. The Balaban J connectivity index is 1.02. The quantitative estimate of drug-likeness (QED) is 0.155. The second-order valence-electron chi connectivity index (χ2n) is 14.7. The SMILES string of the molecule is c1ccc(-c2ccc(-c3ccc(N(c4ccc(-c5cc6nc(-c7ccccc7)oc6c6c5oc5ccccc56)cc4)c4ccccc4-c4ccccc4)cc3)cc2)cc1. The fourth-order valence-electron chi connectivity index (χ4n) is 8.23. The second-order valence-corrected chi connectivity index (χ2v) is 14.7. The highest BCUT2D eigenvalue weighted by Gasteiger charge is 2.22. The van der Waals surface area contributed by atoms with Gasteiger partial charge in [-0.1, -0.05) is 164 Å². The van der Waals surface area contributed by atoms with Gasteiger partial charge >= 0.3 is 0 Å². The van der Waals surface area contributed by atoms with Gasteiger partial charge in [0, 0.05) is 33.5 Å². The van der Waals surface area contributed by atoms with E-state index in [0.29, 0.717) is 5.89 Å². The molecule has 59 heavy (non-hydrogen) atoms. The molecule has 0 atom stereocenters. The summed E-state index contributed by atoms with van der Waals surface area (Å²) in [5, 5.41) is 1.93. The van der Waals surface area contributed by atoms with E-state index < -0.39 is 0 Å². The molecule has 4 nitrogen and oxygen atoms in total. The fourth-order valence-corrected chi connectivity index (χ4v) is 8.23. The summed E-state index contributed by atoms with van der Waals surface area (Å²) in [5.74, 6) is 0.586. The highest BCUT2D eigenvalue weighted by Crippen LogP contribution is 2.45. The largest absolute Gasteiger partial charge is 0.455 e. The van der Waals surface area contributed by atoms with Crippen LogP contribution >= 0.6 is 0 Å². The maximum absolute atomic E-state index is 6.62. The topological polar surface area (TPSA) is 42.4 Å². The van der Waals surface area contributed by atoms with Gasteiger partial charge in [-0.25, -0.2) is 4.98 Å². The van der Waals surface area contributed by atoms with Crippen LogP contribution in [0.15, 0.2) is 227 Å². The lowest BCUT2D eigenvalue weighted by molar-refractivity contribution is 0.622. The molecule has 0 spiro atoms. The van der Waals surface area contributed by atoms with E-state index in [0.717, 1.165) is 83.5 Å². The van der Waals surface area contributed by atoms with Crippen LogP contribution in [-0.4, -0.2) is 4.98 Å². The number of oxazole rings is 1. The van der Waals surface area contributed by atoms with Crippen molar-refractivity contribution in [2.75, 3.05) is 4.90 Å². The molecule has 11 rings (SSSR count). The number of hydrogen-bond donors (Lipinski definition) is 0. The van der Waals surface area contributed by atoms with Gasteiger partial charge < -0.3 is 13.7 Å². The number of anilines is 3. The smallest absolute Gasteiger partial charge is 0.227 e. The van der Waals surface area contributed by atoms with Crippen molar-refractivity contribution in [3.8, 4) is 56.0 Å². The molecule has 9 aromatic carbocycles. The number of furan rings is 1. The van der Waals surface area contributed by atoms with E-state index >= 15 is 0 Å². The second kappa shape index (κ2) is 14.5. The van der Waals surface area contributed by atoms with Crippen LogP contribution in [0.5, 0.6) is 0 Å². The van der Waals surface area contributed by atoms with Crippen molar-refractivity contribution in [1.29, 1.82) is 0 Å². The summed E-state index contributed by atoms with van der Waals surface area (Å²) >= 11 is 0. The average molecular weight is 757 g/mol. The van der Waals surface area contributed by atoms with Gasteiger partial charge in [0.25, 0.3) is 0 Å². The summed E-state index contributed by atoms with van der Waals surface area (Å²) in [6.45, 7) is 0. The highest BCUT2D eigenvalue weighted by molar-refractivity contribution is 6.20. The average Bonchev–Trinajstić information content (AvgIpc) is 3.93. The van der Waals surface area contributed by atoms with Crippen molar-refractivity contribution in [2.45, 2.75) is 0 Å². The fraction of sp³-hybridized carbons (Fsp3) is 0. The zero-order valence-electron chi connectivity index (χ0n) is 32.0. The molecule has 0 radical (unpaired) electrons. The van der Waals surface area contributed by atoms with Crippen LogP contribution in [0.25, 0.3) is 89.0 Å². The van der Waals surface area contributed by atoms with Crippen LogP contribution in [-0.2, 0) is 0 Å². The number of para-hydroxylation sites is 2. The lowest BCUT2D eigenvalue weighted by Gasteiger charge is -2.28. The van der Waals surface area contributed by atoms with E-state index in [9.17, 15) is 0 Å². The predicted octanol–water partition coefficient (Wildman–Crippen LogP) is 15.5. The third-order valence-electron chi connectivity index (χ3n) is 11.1. The van der Waals surface area contributed by atoms with E-state index in [4.69, 9.17) is 13.8 Å². The number of nitrogens with zero attached hydrogens (tertiary/aromatic N) is 2. The maximum Gasteiger partial charge on any atom is 0.227 e. The van der Waals surface area contributed by atoms with Crippen molar-refractivity contribution in [3.05, 3.63) is 218 Å². The molecule has 0 amide bonds. The van der Waals surface area contributed by atoms with E-state index in [-0.39, 0.29) is 0 Å². The summed E-state index contributed by atoms with van der Waals surface area (Å²) in [5.41, 5.74) is 16.3. The summed E-state index contributed by atoms with van der Waals surface area (Å²) in [7, 11) is 0. The zero-order chi connectivity index (χ0) is 39.1. The number of benzene rings is 9. The lowest BCUT2D eigenvalue weighted by Crippen LogP contribution is -2.11. The minimum Gasteiger partial charge on any atom is -0.455 e. The van der Waals surface area contributed by atoms with Gasteiger partial charge in [0.05, 0.1) is 11.1 Å². The van der Waals surface area contributed by atoms with E-state index in [2.05, 4.69) is 175 Å². The van der Waals surface area contributed by atoms with Crippen LogP contribution in [0, 0.1) is 0 Å². The molecular formula is C55H36N2O2. The predicted molar refractivity (Wildman–Crippen MR) is 243 cm³/mol. The molecule has 0 saturated carbocycles. The standard InChI is InChI=1S/C55H36N2O2/c1-4-14-37(15-5-1)38-24-26-39(27-25-38)40-28-32-44(33-29-40)57(50-22-12-10-20-46(50)41-16-6-2-7-17-41)45-34-30-42(31-35-45)48-36-49-54(59-55(56-49)43-18-8-3-9-19-43)52-47-21-11-13-23-51(47)58-53(48)52/h1-36H. The van der Waals surface area contributed by atoms with Gasteiger partial charge in [-0.3, -0.25) is 0 Å². The van der Waals surface area contributed by atoms with Gasteiger partial charge in [0.1, 0.15) is 16.7 Å². The first kappa shape index (κ1) is 34.3. The Kier molecular flexibility index (Phi) is 8.45. The molecule has 0 N–H and O–H groups in total. The van der Waals surface area contributed by atoms with Crippen molar-refractivity contribution in [2.24, 2.45) is 0 Å². The van der Waals surface area contributed by atoms with Crippen LogP contribution in [0.1, 0.15) is 0 Å². The molecule has 0 saturated heterocycles. The Bertz CT molecular complexity index is 3220. The number of rotatable bonds is 8. The van der Waals surface area contributed by atoms with E-state index in [1.54, 1.807) is 0 Å². The molecule has 0 fully saturated rings. The van der Waals surface area contributed by atoms with Gasteiger partial charge in [0.2, 0.25) is 5.89 Å². The van der Waals surface area contributed by atoms with Gasteiger partial charge in [-0.2, -0.15) is 0 Å². The third kappa shape index (κ3) is 6.24. The molecular weight excluding hydrogens is 721 g/mol. The molecule has 0 aliphatic rings. The van der Waals surface area contributed by atoms with E-state index in [1.807, 2.05) is 48.5 Å². The van der Waals surface area contributed by atoms with E-state index in [1.165, 1.54) is 16.7 Å². The highest BCUT2D eigenvalue weighted by atomic mass is 16.4. The Morgan fingerprint density at radius 2 is 0.831 bits per heavy atom. The number of aromatic nitrogens is 1. The molecule has 11 aromatic rings. The first-order chi connectivity index (χ1) is 29.2. The number of fused-ring (bicyclic) bond motifs is 5. The normalized spacial score (nSPS) is 11.4. The first-order valence-corrected chi connectivity index (χ1v) is 19.9. The van der Waals surface area contributed by atoms with Crippen LogP contribution in [0.4, 0.5) is 17.1 Å². The summed E-state index contributed by atoms with van der Waals surface area (Å²) < 4.78 is 13.1. The Morgan fingerprint density at radius 1 is 0.356 bits per heavy atom. The Morgan fingerprint density at radius 3 is 1.47 bits per heavy atom. The molecule has 2 heterocycles. The molecule has 278 valence electrons. The van der Waals surface area contributed by atoms with Crippen LogP contribution in [0.3, 0.4) is 0 Å². The van der Waals surface area contributed by atoms with Gasteiger partial charge in [-0.15, -0.1) is 0 Å². The Labute approximate surface area is 341 Å². The summed E-state index contributed by atoms with van der Waals surface area (Å²) in [6, 6.07) is 76.4. The summed E-state index contributed by atoms with van der Waals surface area (Å²) in [4.78, 5) is 7.35. The van der Waals surface area contributed by atoms with Crippen molar-refractivity contribution >= 4 is 50.1 Å². The Hall–Kier alpha value is -7.95. The maximum atomic E-state index is 6.62. The third-order valence-corrected chi connectivity index (χ3v) is 11.1. The number of hydrogen-bond acceptors (Lipinski definition) is 4. The monoisotopic (exact) mass is 756 g/mol. The van der Waals surface area contributed by atoms with Crippen LogP contribution in [0.2, 0.25) is 0 Å². The van der Waals surface area contributed by atoms with Crippen LogP contribution < -0.4 is 4.90 Å². The van der Waals surface area contributed by atoms with Gasteiger partial charge in [0.15, 0.2) is 5.58 Å². The minimum atomic E-state index is 0.586. The lowest BCUT2D eigenvalue weighted by atomic mass is 9.98. The minimum absolute atomic E-state index is 0.586. The zero-order valence-corrected chi connectivity index (χ0v) is 32.0. The van der Waals surface area contributed by atoms with Crippen molar-refractivity contribution in [1.82, 2.24) is 4.98 Å².